The second-order valence-corrected chi connectivity index (χ2v) is 4.07. The SMILES string of the molecule is CCC(C(=O)O)c1ccc(C)s1. The average molecular weight is 184 g/mol. The highest BCUT2D eigenvalue weighted by molar-refractivity contribution is 7.12. The Labute approximate surface area is 75.9 Å². The van der Waals surface area contributed by atoms with E-state index in [0.29, 0.717) is 6.42 Å². The van der Waals surface area contributed by atoms with Crippen LogP contribution in [-0.4, -0.2) is 11.1 Å². The topological polar surface area (TPSA) is 37.3 Å². The van der Waals surface area contributed by atoms with Gasteiger partial charge in [-0.05, 0) is 25.5 Å². The predicted molar refractivity (Wildman–Crippen MR) is 49.7 cm³/mol. The molecule has 1 unspecified atom stereocenters. The van der Waals surface area contributed by atoms with Crippen LogP contribution in [0.4, 0.5) is 0 Å². The fourth-order valence-corrected chi connectivity index (χ4v) is 2.19. The molecule has 0 saturated heterocycles. The lowest BCUT2D eigenvalue weighted by atomic mass is 10.1. The zero-order valence-electron chi connectivity index (χ0n) is 7.20. The normalized spacial score (nSPS) is 12.8. The maximum atomic E-state index is 10.7. The van der Waals surface area contributed by atoms with E-state index in [0.717, 1.165) is 4.88 Å². The van der Waals surface area contributed by atoms with Crippen molar-refractivity contribution in [1.29, 1.82) is 0 Å². The largest absolute Gasteiger partial charge is 0.481 e. The molecule has 0 aliphatic heterocycles. The summed E-state index contributed by atoms with van der Waals surface area (Å²) in [6.07, 6.45) is 0.662. The number of rotatable bonds is 3. The van der Waals surface area contributed by atoms with Gasteiger partial charge in [0.1, 0.15) is 0 Å². The van der Waals surface area contributed by atoms with Crippen molar-refractivity contribution in [2.45, 2.75) is 26.2 Å². The zero-order valence-corrected chi connectivity index (χ0v) is 8.02. The van der Waals surface area contributed by atoms with Crippen molar-refractivity contribution >= 4 is 17.3 Å². The van der Waals surface area contributed by atoms with Crippen molar-refractivity contribution in [3.8, 4) is 0 Å². The van der Waals surface area contributed by atoms with Crippen LogP contribution in [0.2, 0.25) is 0 Å². The molecule has 1 atom stereocenters. The van der Waals surface area contributed by atoms with Crippen LogP contribution < -0.4 is 0 Å². The average Bonchev–Trinajstić information content (AvgIpc) is 2.37. The molecule has 1 aromatic rings. The summed E-state index contributed by atoms with van der Waals surface area (Å²) in [5.41, 5.74) is 0. The third-order valence-corrected chi connectivity index (χ3v) is 2.93. The standard InChI is InChI=1S/C9H12O2S/c1-3-7(9(10)11)8-5-4-6(2)12-8/h4-5,7H,3H2,1-2H3,(H,10,11). The van der Waals surface area contributed by atoms with Crippen LogP contribution in [0.3, 0.4) is 0 Å². The molecule has 0 bridgehead atoms. The van der Waals surface area contributed by atoms with Gasteiger partial charge in [0.25, 0.3) is 0 Å². The van der Waals surface area contributed by atoms with E-state index in [1.54, 1.807) is 11.3 Å². The van der Waals surface area contributed by atoms with Gasteiger partial charge in [0.2, 0.25) is 0 Å². The lowest BCUT2D eigenvalue weighted by Gasteiger charge is -2.05. The summed E-state index contributed by atoms with van der Waals surface area (Å²) >= 11 is 1.57. The van der Waals surface area contributed by atoms with Crippen LogP contribution in [0, 0.1) is 6.92 Å². The highest BCUT2D eigenvalue weighted by Crippen LogP contribution is 2.26. The first kappa shape index (κ1) is 9.26. The number of aliphatic carboxylic acids is 1. The van der Waals surface area contributed by atoms with E-state index >= 15 is 0 Å². The molecule has 0 fully saturated rings. The summed E-state index contributed by atoms with van der Waals surface area (Å²) in [5.74, 6) is -1.04. The van der Waals surface area contributed by atoms with Crippen LogP contribution in [0.25, 0.3) is 0 Å². The Morgan fingerprint density at radius 2 is 2.33 bits per heavy atom. The van der Waals surface area contributed by atoms with Crippen molar-refractivity contribution in [3.63, 3.8) is 0 Å². The van der Waals surface area contributed by atoms with E-state index in [2.05, 4.69) is 0 Å². The van der Waals surface area contributed by atoms with E-state index in [1.807, 2.05) is 26.0 Å². The minimum atomic E-state index is -0.723. The molecule has 0 saturated carbocycles. The predicted octanol–water partition coefficient (Wildman–Crippen LogP) is 2.63. The van der Waals surface area contributed by atoms with Crippen molar-refractivity contribution in [1.82, 2.24) is 0 Å². The smallest absolute Gasteiger partial charge is 0.311 e. The third-order valence-electron chi connectivity index (χ3n) is 1.81. The van der Waals surface area contributed by atoms with Crippen LogP contribution in [0.1, 0.15) is 29.0 Å². The van der Waals surface area contributed by atoms with E-state index in [4.69, 9.17) is 5.11 Å². The summed E-state index contributed by atoms with van der Waals surface area (Å²) in [6.45, 7) is 3.89. The summed E-state index contributed by atoms with van der Waals surface area (Å²) in [7, 11) is 0. The Hall–Kier alpha value is -0.830. The fourth-order valence-electron chi connectivity index (χ4n) is 1.14. The molecule has 3 heteroatoms. The molecule has 0 aliphatic carbocycles. The molecule has 0 amide bonds. The number of hydrogen-bond acceptors (Lipinski definition) is 2. The number of carbonyl (C=O) groups is 1. The minimum Gasteiger partial charge on any atom is -0.481 e. The first-order valence-corrected chi connectivity index (χ1v) is 4.76. The quantitative estimate of drug-likeness (QED) is 0.784. The van der Waals surface area contributed by atoms with Gasteiger partial charge in [0, 0.05) is 9.75 Å². The second-order valence-electron chi connectivity index (χ2n) is 2.75. The van der Waals surface area contributed by atoms with Crippen molar-refractivity contribution < 1.29 is 9.90 Å². The first-order valence-electron chi connectivity index (χ1n) is 3.94. The first-order chi connectivity index (χ1) is 5.65. The molecule has 1 aromatic heterocycles. The van der Waals surface area contributed by atoms with Crippen molar-refractivity contribution in [2.24, 2.45) is 0 Å². The van der Waals surface area contributed by atoms with Gasteiger partial charge < -0.3 is 5.11 Å². The summed E-state index contributed by atoms with van der Waals surface area (Å²) < 4.78 is 0. The Morgan fingerprint density at radius 1 is 1.67 bits per heavy atom. The van der Waals surface area contributed by atoms with E-state index in [9.17, 15) is 4.79 Å². The molecule has 66 valence electrons. The molecule has 12 heavy (non-hydrogen) atoms. The van der Waals surface area contributed by atoms with E-state index in [1.165, 1.54) is 4.88 Å². The number of aryl methyl sites for hydroxylation is 1. The molecule has 1 heterocycles. The molecule has 1 N–H and O–H groups in total. The van der Waals surface area contributed by atoms with E-state index < -0.39 is 5.97 Å². The summed E-state index contributed by atoms with van der Waals surface area (Å²) in [6, 6.07) is 3.87. The van der Waals surface area contributed by atoms with Gasteiger partial charge in [-0.2, -0.15) is 0 Å². The molecular formula is C9H12O2S. The van der Waals surface area contributed by atoms with Gasteiger partial charge in [-0.15, -0.1) is 11.3 Å². The van der Waals surface area contributed by atoms with Gasteiger partial charge in [-0.3, -0.25) is 4.79 Å². The van der Waals surface area contributed by atoms with Gasteiger partial charge in [-0.1, -0.05) is 6.92 Å². The number of carboxylic acid groups (broad SMARTS) is 1. The molecule has 0 aliphatic rings. The molecule has 1 rings (SSSR count). The molecular weight excluding hydrogens is 172 g/mol. The number of thiophene rings is 1. The minimum absolute atomic E-state index is 0.316. The lowest BCUT2D eigenvalue weighted by molar-refractivity contribution is -0.138. The van der Waals surface area contributed by atoms with Crippen LogP contribution in [-0.2, 0) is 4.79 Å². The Bertz CT molecular complexity index is 278. The highest BCUT2D eigenvalue weighted by Gasteiger charge is 2.18. The van der Waals surface area contributed by atoms with Crippen molar-refractivity contribution in [2.75, 3.05) is 0 Å². The molecule has 0 spiro atoms. The molecule has 2 nitrogen and oxygen atoms in total. The number of carboxylic acids is 1. The van der Waals surface area contributed by atoms with Crippen LogP contribution >= 0.6 is 11.3 Å². The monoisotopic (exact) mass is 184 g/mol. The van der Waals surface area contributed by atoms with Gasteiger partial charge in [0.15, 0.2) is 0 Å². The Kier molecular flexibility index (Phi) is 2.87. The zero-order chi connectivity index (χ0) is 9.14. The summed E-state index contributed by atoms with van der Waals surface area (Å²) in [4.78, 5) is 12.9. The van der Waals surface area contributed by atoms with Gasteiger partial charge >= 0.3 is 5.97 Å². The Morgan fingerprint density at radius 3 is 2.67 bits per heavy atom. The Balaban J connectivity index is 2.87. The van der Waals surface area contributed by atoms with E-state index in [-0.39, 0.29) is 5.92 Å². The van der Waals surface area contributed by atoms with Crippen LogP contribution in [0.5, 0.6) is 0 Å². The fraction of sp³-hybridized carbons (Fsp3) is 0.444. The van der Waals surface area contributed by atoms with Crippen molar-refractivity contribution in [3.05, 3.63) is 21.9 Å². The maximum absolute atomic E-state index is 10.7. The second kappa shape index (κ2) is 3.72. The summed E-state index contributed by atoms with van der Waals surface area (Å²) in [5, 5.41) is 8.84. The van der Waals surface area contributed by atoms with Gasteiger partial charge in [-0.25, -0.2) is 0 Å². The maximum Gasteiger partial charge on any atom is 0.311 e. The molecule has 0 radical (unpaired) electrons. The van der Waals surface area contributed by atoms with Gasteiger partial charge in [0.05, 0.1) is 5.92 Å². The lowest BCUT2D eigenvalue weighted by Crippen LogP contribution is -2.08. The van der Waals surface area contributed by atoms with Crippen LogP contribution in [0.15, 0.2) is 12.1 Å². The highest BCUT2D eigenvalue weighted by atomic mass is 32.1. The third kappa shape index (κ3) is 1.85. The number of hydrogen-bond donors (Lipinski definition) is 1. The molecule has 0 aromatic carbocycles.